The molecule has 3 rings (SSSR count). The standard InChI is InChI=1S/C21H23FN2O3S/c22-18-11-13-19(14-12-18)24(28(26,27)20-9-5-2-6-10-20)16-21(25)23-15-17-7-3-1-4-8-17/h2,5-7,9-14H,1,3-4,8,15-16H2,(H,23,25). The molecule has 148 valence electrons. The minimum Gasteiger partial charge on any atom is -0.351 e. The quantitative estimate of drug-likeness (QED) is 0.719. The topological polar surface area (TPSA) is 66.5 Å². The van der Waals surface area contributed by atoms with Gasteiger partial charge in [0.1, 0.15) is 12.4 Å². The molecule has 0 unspecified atom stereocenters. The Morgan fingerprint density at radius 3 is 2.39 bits per heavy atom. The van der Waals surface area contributed by atoms with E-state index in [9.17, 15) is 17.6 Å². The van der Waals surface area contributed by atoms with E-state index in [2.05, 4.69) is 11.4 Å². The second-order valence-electron chi connectivity index (χ2n) is 6.69. The van der Waals surface area contributed by atoms with Gasteiger partial charge in [0.25, 0.3) is 10.0 Å². The molecule has 5 nitrogen and oxygen atoms in total. The maximum absolute atomic E-state index is 13.3. The van der Waals surface area contributed by atoms with E-state index < -0.39 is 21.7 Å². The Bertz CT molecular complexity index is 941. The van der Waals surface area contributed by atoms with Crippen molar-refractivity contribution >= 4 is 21.6 Å². The number of nitrogens with one attached hydrogen (secondary N) is 1. The summed E-state index contributed by atoms with van der Waals surface area (Å²) >= 11 is 0. The van der Waals surface area contributed by atoms with Crippen LogP contribution in [0.1, 0.15) is 25.7 Å². The molecule has 1 aliphatic carbocycles. The van der Waals surface area contributed by atoms with Crippen LogP contribution in [-0.4, -0.2) is 27.4 Å². The number of amides is 1. The van der Waals surface area contributed by atoms with Crippen LogP contribution in [0, 0.1) is 5.82 Å². The van der Waals surface area contributed by atoms with Gasteiger partial charge in [-0.15, -0.1) is 0 Å². The summed E-state index contributed by atoms with van der Waals surface area (Å²) in [5.41, 5.74) is 1.40. The minimum absolute atomic E-state index is 0.0714. The van der Waals surface area contributed by atoms with Crippen LogP contribution in [0.4, 0.5) is 10.1 Å². The molecular formula is C21H23FN2O3S. The maximum atomic E-state index is 13.3. The van der Waals surface area contributed by atoms with E-state index in [1.54, 1.807) is 18.2 Å². The number of hydrogen-bond acceptors (Lipinski definition) is 3. The van der Waals surface area contributed by atoms with Crippen LogP contribution in [0.25, 0.3) is 0 Å². The van der Waals surface area contributed by atoms with Gasteiger partial charge in [-0.1, -0.05) is 29.8 Å². The summed E-state index contributed by atoms with van der Waals surface area (Å²) in [6, 6.07) is 12.9. The highest BCUT2D eigenvalue weighted by Gasteiger charge is 2.27. The van der Waals surface area contributed by atoms with Gasteiger partial charge < -0.3 is 5.32 Å². The number of carbonyl (C=O) groups excluding carboxylic acids is 1. The van der Waals surface area contributed by atoms with Crippen LogP contribution < -0.4 is 9.62 Å². The van der Waals surface area contributed by atoms with Gasteiger partial charge in [-0.3, -0.25) is 9.10 Å². The van der Waals surface area contributed by atoms with Crippen molar-refractivity contribution in [3.8, 4) is 0 Å². The first-order valence-electron chi connectivity index (χ1n) is 9.25. The number of benzene rings is 2. The molecule has 0 bridgehead atoms. The van der Waals surface area contributed by atoms with E-state index in [0.29, 0.717) is 6.54 Å². The van der Waals surface area contributed by atoms with E-state index in [4.69, 9.17) is 0 Å². The predicted molar refractivity (Wildman–Crippen MR) is 107 cm³/mol. The average Bonchev–Trinajstić information content (AvgIpc) is 2.72. The molecule has 2 aromatic carbocycles. The normalized spacial score (nSPS) is 14.2. The SMILES string of the molecule is O=C(CN(c1ccc(F)cc1)S(=O)(=O)c1ccccc1)NCC1=CCCCC1. The van der Waals surface area contributed by atoms with Crippen LogP contribution in [0.5, 0.6) is 0 Å². The Morgan fingerprint density at radius 2 is 1.75 bits per heavy atom. The van der Waals surface area contributed by atoms with Gasteiger partial charge in [0, 0.05) is 6.54 Å². The Kier molecular flexibility index (Phi) is 6.46. The van der Waals surface area contributed by atoms with Gasteiger partial charge in [0.2, 0.25) is 5.91 Å². The largest absolute Gasteiger partial charge is 0.351 e. The molecule has 0 atom stereocenters. The van der Waals surface area contributed by atoms with Crippen molar-refractivity contribution in [1.29, 1.82) is 0 Å². The zero-order valence-electron chi connectivity index (χ0n) is 15.5. The molecular weight excluding hydrogens is 379 g/mol. The predicted octanol–water partition coefficient (Wildman–Crippen LogP) is 3.64. The highest BCUT2D eigenvalue weighted by Crippen LogP contribution is 2.24. The van der Waals surface area contributed by atoms with Gasteiger partial charge >= 0.3 is 0 Å². The summed E-state index contributed by atoms with van der Waals surface area (Å²) in [5, 5.41) is 2.80. The van der Waals surface area contributed by atoms with Crippen molar-refractivity contribution in [2.24, 2.45) is 0 Å². The number of nitrogens with zero attached hydrogens (tertiary/aromatic N) is 1. The fourth-order valence-corrected chi connectivity index (χ4v) is 4.55. The van der Waals surface area contributed by atoms with Gasteiger partial charge in [0.05, 0.1) is 10.6 Å². The minimum atomic E-state index is -3.97. The molecule has 0 aliphatic heterocycles. The number of hydrogen-bond donors (Lipinski definition) is 1. The Balaban J connectivity index is 1.81. The van der Waals surface area contributed by atoms with Crippen LogP contribution in [0.3, 0.4) is 0 Å². The van der Waals surface area contributed by atoms with E-state index in [-0.39, 0.29) is 17.1 Å². The monoisotopic (exact) mass is 402 g/mol. The van der Waals surface area contributed by atoms with Gasteiger partial charge in [-0.25, -0.2) is 12.8 Å². The average molecular weight is 402 g/mol. The number of carbonyl (C=O) groups is 1. The molecule has 0 saturated carbocycles. The summed E-state index contributed by atoms with van der Waals surface area (Å²) in [6.45, 7) is 0.0393. The third-order valence-electron chi connectivity index (χ3n) is 4.63. The number of sulfonamides is 1. The summed E-state index contributed by atoms with van der Waals surface area (Å²) in [7, 11) is -3.97. The Morgan fingerprint density at radius 1 is 1.04 bits per heavy atom. The lowest BCUT2D eigenvalue weighted by Gasteiger charge is -2.24. The molecule has 0 radical (unpaired) electrons. The molecule has 1 amide bonds. The zero-order chi connectivity index (χ0) is 20.0. The molecule has 1 N–H and O–H groups in total. The first-order chi connectivity index (χ1) is 13.5. The molecule has 0 heterocycles. The highest BCUT2D eigenvalue weighted by molar-refractivity contribution is 7.92. The van der Waals surface area contributed by atoms with E-state index in [0.717, 1.165) is 30.0 Å². The molecule has 7 heteroatoms. The lowest BCUT2D eigenvalue weighted by Crippen LogP contribution is -2.41. The Labute approximate surface area is 164 Å². The van der Waals surface area contributed by atoms with Crippen LogP contribution >= 0.6 is 0 Å². The van der Waals surface area contributed by atoms with Crippen LogP contribution in [0.15, 0.2) is 71.1 Å². The number of anilines is 1. The van der Waals surface area contributed by atoms with Crippen LogP contribution in [0.2, 0.25) is 0 Å². The number of allylic oxidation sites excluding steroid dienone is 1. The summed E-state index contributed by atoms with van der Waals surface area (Å²) in [4.78, 5) is 12.6. The summed E-state index contributed by atoms with van der Waals surface area (Å²) < 4.78 is 40.5. The molecule has 2 aromatic rings. The third-order valence-corrected chi connectivity index (χ3v) is 6.42. The number of rotatable bonds is 7. The van der Waals surface area contributed by atoms with Gasteiger partial charge in [0.15, 0.2) is 0 Å². The fourth-order valence-electron chi connectivity index (χ4n) is 3.11. The second-order valence-corrected chi connectivity index (χ2v) is 8.55. The molecule has 0 aromatic heterocycles. The van der Waals surface area contributed by atoms with Crippen molar-refractivity contribution in [3.63, 3.8) is 0 Å². The third kappa shape index (κ3) is 4.98. The van der Waals surface area contributed by atoms with Crippen molar-refractivity contribution in [2.75, 3.05) is 17.4 Å². The second kappa shape index (κ2) is 9.01. The lowest BCUT2D eigenvalue weighted by molar-refractivity contribution is -0.119. The van der Waals surface area contributed by atoms with Crippen LogP contribution in [-0.2, 0) is 14.8 Å². The fraction of sp³-hybridized carbons (Fsp3) is 0.286. The molecule has 0 spiro atoms. The summed E-state index contributed by atoms with van der Waals surface area (Å²) in [6.07, 6.45) is 6.35. The lowest BCUT2D eigenvalue weighted by atomic mass is 10.00. The van der Waals surface area contributed by atoms with E-state index in [1.807, 2.05) is 0 Å². The van der Waals surface area contributed by atoms with E-state index >= 15 is 0 Å². The maximum Gasteiger partial charge on any atom is 0.264 e. The Hall–Kier alpha value is -2.67. The van der Waals surface area contributed by atoms with Gasteiger partial charge in [-0.05, 0) is 62.1 Å². The molecule has 1 aliphatic rings. The van der Waals surface area contributed by atoms with Crippen molar-refractivity contribution in [2.45, 2.75) is 30.6 Å². The number of halogens is 1. The van der Waals surface area contributed by atoms with Crippen molar-refractivity contribution in [3.05, 3.63) is 72.1 Å². The van der Waals surface area contributed by atoms with Crippen molar-refractivity contribution < 1.29 is 17.6 Å². The molecule has 0 fully saturated rings. The first kappa shape index (κ1) is 20.1. The van der Waals surface area contributed by atoms with Crippen molar-refractivity contribution in [1.82, 2.24) is 5.32 Å². The first-order valence-corrected chi connectivity index (χ1v) is 10.7. The summed E-state index contributed by atoms with van der Waals surface area (Å²) in [5.74, 6) is -0.884. The van der Waals surface area contributed by atoms with Gasteiger partial charge in [-0.2, -0.15) is 0 Å². The zero-order valence-corrected chi connectivity index (χ0v) is 16.3. The smallest absolute Gasteiger partial charge is 0.264 e. The van der Waals surface area contributed by atoms with E-state index in [1.165, 1.54) is 42.0 Å². The highest BCUT2D eigenvalue weighted by atomic mass is 32.2. The molecule has 0 saturated heterocycles. The molecule has 28 heavy (non-hydrogen) atoms.